The summed E-state index contributed by atoms with van der Waals surface area (Å²) < 4.78 is 7.94. The number of rotatable bonds is 4. The zero-order valence-corrected chi connectivity index (χ0v) is 14.8. The van der Waals surface area contributed by atoms with Crippen LogP contribution in [0.3, 0.4) is 0 Å². The molecule has 0 aliphatic carbocycles. The molecule has 0 bridgehead atoms. The molecule has 6 nitrogen and oxygen atoms in total. The molecule has 0 radical (unpaired) electrons. The Morgan fingerprint density at radius 2 is 1.77 bits per heavy atom. The molecule has 2 heterocycles. The van der Waals surface area contributed by atoms with Crippen molar-refractivity contribution in [3.05, 3.63) is 55.1 Å². The van der Waals surface area contributed by atoms with Crippen LogP contribution in [0.2, 0.25) is 0 Å². The topological polar surface area (TPSA) is 60.2 Å². The maximum Gasteiger partial charge on any atom is 0.263 e. The second-order valence-electron chi connectivity index (χ2n) is 6.73. The van der Waals surface area contributed by atoms with Gasteiger partial charge in [0.1, 0.15) is 18.4 Å². The van der Waals surface area contributed by atoms with Crippen LogP contribution in [0.5, 0.6) is 5.75 Å². The minimum absolute atomic E-state index is 0.0420. The standard InChI is InChI=1S/C20H22N4O2/c1-15(26-19-7-6-16-4-2-3-5-17(16)12-19)20(25)23-10-8-18(9-11-23)24-13-21-22-14-24/h2-7,12-15,18H,8-11H2,1H3/t15-/m1/s1. The minimum atomic E-state index is -0.498. The average Bonchev–Trinajstić information content (AvgIpc) is 3.22. The first-order valence-electron chi connectivity index (χ1n) is 8.99. The largest absolute Gasteiger partial charge is 0.481 e. The third kappa shape index (κ3) is 3.40. The van der Waals surface area contributed by atoms with E-state index in [1.165, 1.54) is 0 Å². The van der Waals surface area contributed by atoms with Gasteiger partial charge in [0, 0.05) is 19.1 Å². The summed E-state index contributed by atoms with van der Waals surface area (Å²) in [5.74, 6) is 0.768. The third-order valence-corrected chi connectivity index (χ3v) is 5.02. The minimum Gasteiger partial charge on any atom is -0.481 e. The van der Waals surface area contributed by atoms with Crippen molar-refractivity contribution in [2.75, 3.05) is 13.1 Å². The highest BCUT2D eigenvalue weighted by atomic mass is 16.5. The Balaban J connectivity index is 1.37. The van der Waals surface area contributed by atoms with Gasteiger partial charge >= 0.3 is 0 Å². The number of ether oxygens (including phenoxy) is 1. The van der Waals surface area contributed by atoms with Gasteiger partial charge in [-0.3, -0.25) is 4.79 Å². The molecule has 26 heavy (non-hydrogen) atoms. The summed E-state index contributed by atoms with van der Waals surface area (Å²) in [6, 6.07) is 14.4. The third-order valence-electron chi connectivity index (χ3n) is 5.02. The molecule has 3 aromatic rings. The van der Waals surface area contributed by atoms with Crippen LogP contribution in [-0.4, -0.2) is 44.8 Å². The average molecular weight is 350 g/mol. The van der Waals surface area contributed by atoms with Crippen LogP contribution in [0.25, 0.3) is 10.8 Å². The van der Waals surface area contributed by atoms with Crippen LogP contribution < -0.4 is 4.74 Å². The molecular weight excluding hydrogens is 328 g/mol. The number of aromatic nitrogens is 3. The van der Waals surface area contributed by atoms with E-state index in [1.807, 2.05) is 52.8 Å². The Morgan fingerprint density at radius 1 is 1.08 bits per heavy atom. The molecule has 1 amide bonds. The van der Waals surface area contributed by atoms with Crippen molar-refractivity contribution in [3.63, 3.8) is 0 Å². The maximum atomic E-state index is 12.7. The van der Waals surface area contributed by atoms with Gasteiger partial charge < -0.3 is 14.2 Å². The molecule has 0 spiro atoms. The van der Waals surface area contributed by atoms with E-state index in [9.17, 15) is 4.79 Å². The first-order chi connectivity index (χ1) is 12.7. The summed E-state index contributed by atoms with van der Waals surface area (Å²) in [5.41, 5.74) is 0. The lowest BCUT2D eigenvalue weighted by Gasteiger charge is -2.33. The molecule has 0 saturated carbocycles. The molecule has 1 atom stereocenters. The molecule has 134 valence electrons. The van der Waals surface area contributed by atoms with Gasteiger partial charge in [0.2, 0.25) is 0 Å². The van der Waals surface area contributed by atoms with Crippen LogP contribution in [0.4, 0.5) is 0 Å². The van der Waals surface area contributed by atoms with Gasteiger partial charge in [0.15, 0.2) is 6.10 Å². The van der Waals surface area contributed by atoms with E-state index in [1.54, 1.807) is 12.7 Å². The van der Waals surface area contributed by atoms with Gasteiger partial charge in [-0.1, -0.05) is 30.3 Å². The fourth-order valence-electron chi connectivity index (χ4n) is 3.53. The van der Waals surface area contributed by atoms with Crippen molar-refractivity contribution in [1.29, 1.82) is 0 Å². The lowest BCUT2D eigenvalue weighted by atomic mass is 10.0. The molecule has 1 aliphatic rings. The Hall–Kier alpha value is -2.89. The number of nitrogens with zero attached hydrogens (tertiary/aromatic N) is 4. The van der Waals surface area contributed by atoms with Gasteiger partial charge in [-0.05, 0) is 42.7 Å². The molecule has 4 rings (SSSR count). The molecule has 6 heteroatoms. The number of carbonyl (C=O) groups excluding carboxylic acids is 1. The van der Waals surface area contributed by atoms with Gasteiger partial charge in [-0.15, -0.1) is 10.2 Å². The fourth-order valence-corrected chi connectivity index (χ4v) is 3.53. The van der Waals surface area contributed by atoms with E-state index in [0.29, 0.717) is 6.04 Å². The van der Waals surface area contributed by atoms with Crippen LogP contribution in [-0.2, 0) is 4.79 Å². The van der Waals surface area contributed by atoms with Crippen molar-refractivity contribution >= 4 is 16.7 Å². The normalized spacial score (nSPS) is 16.6. The monoisotopic (exact) mass is 350 g/mol. The second kappa shape index (κ2) is 7.15. The molecular formula is C20H22N4O2. The Labute approximate surface area is 152 Å². The first kappa shape index (κ1) is 16.6. The van der Waals surface area contributed by atoms with E-state index in [0.717, 1.165) is 42.5 Å². The first-order valence-corrected chi connectivity index (χ1v) is 8.99. The number of benzene rings is 2. The Morgan fingerprint density at radius 3 is 2.50 bits per heavy atom. The van der Waals surface area contributed by atoms with Crippen LogP contribution in [0, 0.1) is 0 Å². The Kier molecular flexibility index (Phi) is 4.56. The SMILES string of the molecule is C[C@@H](Oc1ccc2ccccc2c1)C(=O)N1CCC(n2cnnc2)CC1. The summed E-state index contributed by atoms with van der Waals surface area (Å²) in [6.45, 7) is 3.28. The highest BCUT2D eigenvalue weighted by molar-refractivity contribution is 5.84. The van der Waals surface area contributed by atoms with E-state index >= 15 is 0 Å². The summed E-state index contributed by atoms with van der Waals surface area (Å²) in [5, 5.41) is 9.99. The van der Waals surface area contributed by atoms with Crippen LogP contribution in [0.1, 0.15) is 25.8 Å². The molecule has 2 aromatic carbocycles. The molecule has 0 unspecified atom stereocenters. The number of likely N-dealkylation sites (tertiary alicyclic amines) is 1. The lowest BCUT2D eigenvalue weighted by Crippen LogP contribution is -2.45. The summed E-state index contributed by atoms with van der Waals surface area (Å²) in [6.07, 6.45) is 4.81. The summed E-state index contributed by atoms with van der Waals surface area (Å²) in [7, 11) is 0. The van der Waals surface area contributed by atoms with Crippen molar-refractivity contribution in [2.45, 2.75) is 31.9 Å². The number of piperidine rings is 1. The van der Waals surface area contributed by atoms with Gasteiger partial charge in [0.25, 0.3) is 5.91 Å². The zero-order valence-electron chi connectivity index (χ0n) is 14.8. The highest BCUT2D eigenvalue weighted by Gasteiger charge is 2.27. The van der Waals surface area contributed by atoms with Crippen molar-refractivity contribution in [3.8, 4) is 5.75 Å². The quantitative estimate of drug-likeness (QED) is 0.726. The maximum absolute atomic E-state index is 12.7. The molecule has 1 aliphatic heterocycles. The van der Waals surface area contributed by atoms with E-state index in [-0.39, 0.29) is 5.91 Å². The van der Waals surface area contributed by atoms with Crippen LogP contribution in [0.15, 0.2) is 55.1 Å². The fraction of sp³-hybridized carbons (Fsp3) is 0.350. The van der Waals surface area contributed by atoms with Crippen LogP contribution >= 0.6 is 0 Å². The van der Waals surface area contributed by atoms with Crippen molar-refractivity contribution in [1.82, 2.24) is 19.7 Å². The van der Waals surface area contributed by atoms with Crippen molar-refractivity contribution in [2.24, 2.45) is 0 Å². The van der Waals surface area contributed by atoms with Gasteiger partial charge in [-0.2, -0.15) is 0 Å². The van der Waals surface area contributed by atoms with E-state index < -0.39 is 6.10 Å². The smallest absolute Gasteiger partial charge is 0.263 e. The Bertz CT molecular complexity index is 886. The van der Waals surface area contributed by atoms with Gasteiger partial charge in [-0.25, -0.2) is 0 Å². The van der Waals surface area contributed by atoms with Gasteiger partial charge in [0.05, 0.1) is 0 Å². The number of hydrogen-bond acceptors (Lipinski definition) is 4. The highest BCUT2D eigenvalue weighted by Crippen LogP contribution is 2.24. The molecule has 1 aromatic heterocycles. The number of fused-ring (bicyclic) bond motifs is 1. The van der Waals surface area contributed by atoms with E-state index in [2.05, 4.69) is 16.3 Å². The predicted molar refractivity (Wildman–Crippen MR) is 98.9 cm³/mol. The second-order valence-corrected chi connectivity index (χ2v) is 6.73. The molecule has 1 fully saturated rings. The predicted octanol–water partition coefficient (Wildman–Crippen LogP) is 3.06. The van der Waals surface area contributed by atoms with E-state index in [4.69, 9.17) is 4.74 Å². The number of carbonyl (C=O) groups is 1. The lowest BCUT2D eigenvalue weighted by molar-refractivity contribution is -0.139. The summed E-state index contributed by atoms with van der Waals surface area (Å²) in [4.78, 5) is 14.6. The number of hydrogen-bond donors (Lipinski definition) is 0. The zero-order chi connectivity index (χ0) is 17.9. The molecule has 1 saturated heterocycles. The number of amides is 1. The van der Waals surface area contributed by atoms with Crippen molar-refractivity contribution < 1.29 is 9.53 Å². The summed E-state index contributed by atoms with van der Waals surface area (Å²) >= 11 is 0. The molecule has 0 N–H and O–H groups in total.